The van der Waals surface area contributed by atoms with Crippen molar-refractivity contribution in [2.45, 2.75) is 13.0 Å². The second-order valence-electron chi connectivity index (χ2n) is 2.90. The van der Waals surface area contributed by atoms with E-state index in [1.54, 1.807) is 25.1 Å². The van der Waals surface area contributed by atoms with Crippen molar-refractivity contribution >= 4 is 6.08 Å². The van der Waals surface area contributed by atoms with Crippen LogP contribution in [0, 0.1) is 5.82 Å². The van der Waals surface area contributed by atoms with E-state index in [2.05, 4.69) is 0 Å². The van der Waals surface area contributed by atoms with Gasteiger partial charge >= 0.3 is 0 Å². The first-order valence-corrected chi connectivity index (χ1v) is 4.02. The molecule has 1 rings (SSSR count). The summed E-state index contributed by atoms with van der Waals surface area (Å²) in [4.78, 5) is 0. The average Bonchev–Trinajstić information content (AvgIpc) is 2.07. The molecule has 1 aromatic rings. The van der Waals surface area contributed by atoms with Gasteiger partial charge in [0.15, 0.2) is 11.6 Å². The van der Waals surface area contributed by atoms with E-state index in [9.17, 15) is 9.50 Å². The molecule has 3 N–H and O–H groups in total. The highest BCUT2D eigenvalue weighted by molar-refractivity contribution is 5.57. The highest BCUT2D eigenvalue weighted by atomic mass is 19.1. The van der Waals surface area contributed by atoms with E-state index >= 15 is 0 Å². The molecule has 0 saturated carbocycles. The smallest absolute Gasteiger partial charge is 0.165 e. The maximum atomic E-state index is 12.8. The average molecular weight is 181 g/mol. The van der Waals surface area contributed by atoms with Crippen LogP contribution in [0.25, 0.3) is 6.08 Å². The fourth-order valence-electron chi connectivity index (χ4n) is 0.922. The molecule has 0 radical (unpaired) electrons. The summed E-state index contributed by atoms with van der Waals surface area (Å²) in [6.07, 6.45) is 3.29. The Morgan fingerprint density at radius 1 is 1.54 bits per heavy atom. The molecule has 0 heterocycles. The second-order valence-corrected chi connectivity index (χ2v) is 2.90. The van der Waals surface area contributed by atoms with Crippen molar-refractivity contribution in [3.8, 4) is 5.75 Å². The second kappa shape index (κ2) is 4.05. The Morgan fingerprint density at radius 2 is 2.23 bits per heavy atom. The first kappa shape index (κ1) is 9.74. The Kier molecular flexibility index (Phi) is 3.03. The van der Waals surface area contributed by atoms with E-state index in [0.29, 0.717) is 5.56 Å². The van der Waals surface area contributed by atoms with Crippen LogP contribution >= 0.6 is 0 Å². The van der Waals surface area contributed by atoms with Crippen LogP contribution in [0.3, 0.4) is 0 Å². The lowest BCUT2D eigenvalue weighted by Crippen LogP contribution is -2.09. The quantitative estimate of drug-likeness (QED) is 0.731. The molecule has 0 aliphatic carbocycles. The van der Waals surface area contributed by atoms with Crippen molar-refractivity contribution in [3.63, 3.8) is 0 Å². The van der Waals surface area contributed by atoms with Gasteiger partial charge in [0, 0.05) is 11.6 Å². The molecule has 1 atom stereocenters. The Labute approximate surface area is 76.5 Å². The van der Waals surface area contributed by atoms with E-state index in [1.807, 2.05) is 0 Å². The van der Waals surface area contributed by atoms with Gasteiger partial charge in [-0.25, -0.2) is 4.39 Å². The van der Waals surface area contributed by atoms with Gasteiger partial charge in [0.05, 0.1) is 0 Å². The number of rotatable bonds is 2. The van der Waals surface area contributed by atoms with Gasteiger partial charge in [-0.2, -0.15) is 0 Å². The third kappa shape index (κ3) is 2.56. The van der Waals surface area contributed by atoms with Gasteiger partial charge in [-0.3, -0.25) is 0 Å². The maximum absolute atomic E-state index is 12.8. The van der Waals surface area contributed by atoms with Crippen molar-refractivity contribution in [1.29, 1.82) is 0 Å². The van der Waals surface area contributed by atoms with E-state index in [-0.39, 0.29) is 11.8 Å². The Balaban J connectivity index is 2.95. The molecule has 0 fully saturated rings. The predicted molar refractivity (Wildman–Crippen MR) is 50.7 cm³/mol. The van der Waals surface area contributed by atoms with Crippen molar-refractivity contribution in [3.05, 3.63) is 35.7 Å². The Hall–Kier alpha value is -1.35. The number of halogens is 1. The topological polar surface area (TPSA) is 46.2 Å². The molecule has 3 heteroatoms. The molecule has 0 amide bonds. The normalized spacial score (nSPS) is 13.5. The zero-order chi connectivity index (χ0) is 9.84. The van der Waals surface area contributed by atoms with Crippen LogP contribution in [0.4, 0.5) is 4.39 Å². The van der Waals surface area contributed by atoms with Crippen LogP contribution in [0.5, 0.6) is 5.75 Å². The molecule has 70 valence electrons. The van der Waals surface area contributed by atoms with E-state index in [1.165, 1.54) is 12.1 Å². The van der Waals surface area contributed by atoms with E-state index in [0.717, 1.165) is 0 Å². The third-order valence-corrected chi connectivity index (χ3v) is 1.60. The van der Waals surface area contributed by atoms with Gasteiger partial charge in [0.1, 0.15) is 0 Å². The standard InChI is InChI=1S/C10H12FNO/c1-7(12)5-6-8-3-2-4-9(11)10(8)13/h2-7,13H,12H2,1H3/b6-5+. The lowest BCUT2D eigenvalue weighted by atomic mass is 10.1. The van der Waals surface area contributed by atoms with Crippen molar-refractivity contribution in [1.82, 2.24) is 0 Å². The summed E-state index contributed by atoms with van der Waals surface area (Å²) >= 11 is 0. The van der Waals surface area contributed by atoms with E-state index < -0.39 is 5.82 Å². The van der Waals surface area contributed by atoms with Crippen molar-refractivity contribution < 1.29 is 9.50 Å². The highest BCUT2D eigenvalue weighted by Gasteiger charge is 2.02. The molecule has 0 saturated heterocycles. The van der Waals surface area contributed by atoms with Gasteiger partial charge < -0.3 is 10.8 Å². The van der Waals surface area contributed by atoms with E-state index in [4.69, 9.17) is 5.73 Å². The zero-order valence-electron chi connectivity index (χ0n) is 7.37. The van der Waals surface area contributed by atoms with Gasteiger partial charge in [-0.1, -0.05) is 24.3 Å². The fourth-order valence-corrected chi connectivity index (χ4v) is 0.922. The van der Waals surface area contributed by atoms with Crippen LogP contribution in [0.2, 0.25) is 0 Å². The predicted octanol–water partition coefficient (Wildman–Crippen LogP) is 1.89. The number of nitrogens with two attached hydrogens (primary N) is 1. The summed E-state index contributed by atoms with van der Waals surface area (Å²) in [5.41, 5.74) is 5.91. The van der Waals surface area contributed by atoms with Gasteiger partial charge in [-0.05, 0) is 13.0 Å². The highest BCUT2D eigenvalue weighted by Crippen LogP contribution is 2.21. The number of para-hydroxylation sites is 1. The minimum Gasteiger partial charge on any atom is -0.504 e. The summed E-state index contributed by atoms with van der Waals surface area (Å²) < 4.78 is 12.8. The fraction of sp³-hybridized carbons (Fsp3) is 0.200. The molecular formula is C10H12FNO. The molecule has 1 aromatic carbocycles. The van der Waals surface area contributed by atoms with Crippen LogP contribution in [0.15, 0.2) is 24.3 Å². The summed E-state index contributed by atoms with van der Waals surface area (Å²) in [6.45, 7) is 1.80. The molecule has 1 unspecified atom stereocenters. The molecule has 0 aromatic heterocycles. The van der Waals surface area contributed by atoms with Gasteiger partial charge in [0.25, 0.3) is 0 Å². The minimum absolute atomic E-state index is 0.109. The monoisotopic (exact) mass is 181 g/mol. The number of phenolic OH excluding ortho intramolecular Hbond substituents is 1. The third-order valence-electron chi connectivity index (χ3n) is 1.60. The summed E-state index contributed by atoms with van der Waals surface area (Å²) in [7, 11) is 0. The van der Waals surface area contributed by atoms with Crippen LogP contribution in [-0.4, -0.2) is 11.1 Å². The Bertz CT molecular complexity index is 321. The maximum Gasteiger partial charge on any atom is 0.165 e. The molecule has 13 heavy (non-hydrogen) atoms. The van der Waals surface area contributed by atoms with Crippen LogP contribution in [-0.2, 0) is 0 Å². The van der Waals surface area contributed by atoms with Gasteiger partial charge in [-0.15, -0.1) is 0 Å². The number of hydrogen-bond acceptors (Lipinski definition) is 2. The molecule has 2 nitrogen and oxygen atoms in total. The van der Waals surface area contributed by atoms with Crippen molar-refractivity contribution in [2.24, 2.45) is 5.73 Å². The largest absolute Gasteiger partial charge is 0.504 e. The lowest BCUT2D eigenvalue weighted by molar-refractivity contribution is 0.431. The van der Waals surface area contributed by atoms with Gasteiger partial charge in [0.2, 0.25) is 0 Å². The zero-order valence-corrected chi connectivity index (χ0v) is 7.37. The summed E-state index contributed by atoms with van der Waals surface area (Å²) in [6, 6.07) is 4.26. The molecule has 0 spiro atoms. The molecule has 0 bridgehead atoms. The molecule has 0 aliphatic heterocycles. The molecular weight excluding hydrogens is 169 g/mol. The number of benzene rings is 1. The summed E-state index contributed by atoms with van der Waals surface area (Å²) in [5.74, 6) is -0.953. The number of hydrogen-bond donors (Lipinski definition) is 2. The SMILES string of the molecule is CC(N)/C=C/c1cccc(F)c1O. The van der Waals surface area contributed by atoms with Crippen LogP contribution in [0.1, 0.15) is 12.5 Å². The number of aromatic hydroxyl groups is 1. The first-order valence-electron chi connectivity index (χ1n) is 4.02. The minimum atomic E-state index is -0.619. The first-order chi connectivity index (χ1) is 6.11. The summed E-state index contributed by atoms with van der Waals surface area (Å²) in [5, 5.41) is 9.24. The molecule has 0 aliphatic rings. The number of phenols is 1. The Morgan fingerprint density at radius 3 is 2.85 bits per heavy atom. The lowest BCUT2D eigenvalue weighted by Gasteiger charge is -2.00. The van der Waals surface area contributed by atoms with Crippen LogP contribution < -0.4 is 5.73 Å². The van der Waals surface area contributed by atoms with Crippen molar-refractivity contribution in [2.75, 3.05) is 0 Å².